The van der Waals surface area contributed by atoms with Crippen LogP contribution in [0.3, 0.4) is 0 Å². The largest absolute Gasteiger partial charge is 0.278 e. The number of hydrogen-bond donors (Lipinski definition) is 1. The summed E-state index contributed by atoms with van der Waals surface area (Å²) in [6.45, 7) is 0. The molecule has 1 aromatic heterocycles. The van der Waals surface area contributed by atoms with E-state index in [9.17, 15) is 0 Å². The molecule has 0 amide bonds. The average molecular weight is 388 g/mol. The molecule has 0 saturated heterocycles. The van der Waals surface area contributed by atoms with Crippen LogP contribution in [-0.2, 0) is 0 Å². The highest BCUT2D eigenvalue weighted by molar-refractivity contribution is 9.10. The summed E-state index contributed by atoms with van der Waals surface area (Å²) < 4.78 is 1.01. The van der Waals surface area contributed by atoms with Gasteiger partial charge in [-0.2, -0.15) is 5.10 Å². The third-order valence-electron chi connectivity index (χ3n) is 3.08. The Bertz CT molecular complexity index is 802. The molecular weight excluding hydrogens is 376 g/mol. The summed E-state index contributed by atoms with van der Waals surface area (Å²) in [5.41, 5.74) is 6.30. The fourth-order valence-electron chi connectivity index (χ4n) is 1.95. The van der Waals surface area contributed by atoms with E-state index < -0.39 is 0 Å². The van der Waals surface area contributed by atoms with Crippen molar-refractivity contribution in [3.63, 3.8) is 0 Å². The molecule has 1 N–H and O–H groups in total. The highest BCUT2D eigenvalue weighted by Gasteiger charge is 2.08. The second-order valence-corrected chi connectivity index (χ2v) is 6.03. The molecular formula is C17H12BrClN4. The predicted octanol–water partition coefficient (Wildman–Crippen LogP) is 4.76. The number of hydrazone groups is 1. The van der Waals surface area contributed by atoms with Crippen molar-refractivity contribution in [3.05, 3.63) is 87.9 Å². The van der Waals surface area contributed by atoms with Gasteiger partial charge in [0.2, 0.25) is 0 Å². The van der Waals surface area contributed by atoms with Gasteiger partial charge in [0.15, 0.2) is 0 Å². The van der Waals surface area contributed by atoms with Crippen LogP contribution in [0, 0.1) is 0 Å². The molecule has 0 spiro atoms. The number of nitrogens with zero attached hydrogens (tertiary/aromatic N) is 3. The van der Waals surface area contributed by atoms with Gasteiger partial charge >= 0.3 is 0 Å². The first-order valence-corrected chi connectivity index (χ1v) is 8.01. The molecule has 3 aromatic rings. The molecule has 0 saturated carbocycles. The average Bonchev–Trinajstić information content (AvgIpc) is 2.59. The summed E-state index contributed by atoms with van der Waals surface area (Å²) in [4.78, 5) is 8.23. The lowest BCUT2D eigenvalue weighted by atomic mass is 10.1. The van der Waals surface area contributed by atoms with Gasteiger partial charge in [-0.1, -0.05) is 39.7 Å². The van der Waals surface area contributed by atoms with Crippen LogP contribution in [-0.4, -0.2) is 15.7 Å². The Morgan fingerprint density at radius 1 is 1.00 bits per heavy atom. The number of anilines is 1. The molecule has 114 valence electrons. The Morgan fingerprint density at radius 2 is 1.74 bits per heavy atom. The molecule has 3 rings (SSSR count). The van der Waals surface area contributed by atoms with Crippen molar-refractivity contribution in [1.82, 2.24) is 9.97 Å². The highest BCUT2D eigenvalue weighted by Crippen LogP contribution is 2.16. The molecule has 1 heterocycles. The zero-order valence-electron chi connectivity index (χ0n) is 11.9. The van der Waals surface area contributed by atoms with Crippen LogP contribution in [0.2, 0.25) is 5.02 Å². The molecule has 0 radical (unpaired) electrons. The smallest absolute Gasteiger partial charge is 0.116 e. The van der Waals surface area contributed by atoms with E-state index in [1.165, 1.54) is 6.33 Å². The van der Waals surface area contributed by atoms with Crippen molar-refractivity contribution in [2.24, 2.45) is 5.10 Å². The predicted molar refractivity (Wildman–Crippen MR) is 96.9 cm³/mol. The maximum atomic E-state index is 5.96. The highest BCUT2D eigenvalue weighted by atomic mass is 79.9. The topological polar surface area (TPSA) is 50.2 Å². The quantitative estimate of drug-likeness (QED) is 0.519. The molecule has 0 aliphatic rings. The Kier molecular flexibility index (Phi) is 5.00. The van der Waals surface area contributed by atoms with E-state index in [2.05, 4.69) is 36.4 Å². The van der Waals surface area contributed by atoms with E-state index in [1.54, 1.807) is 6.20 Å². The van der Waals surface area contributed by atoms with E-state index in [4.69, 9.17) is 11.6 Å². The molecule has 0 unspecified atom stereocenters. The lowest BCUT2D eigenvalue weighted by Crippen LogP contribution is -2.08. The molecule has 0 aliphatic heterocycles. The minimum Gasteiger partial charge on any atom is -0.278 e. The first-order chi connectivity index (χ1) is 11.2. The van der Waals surface area contributed by atoms with Crippen molar-refractivity contribution >= 4 is 38.9 Å². The van der Waals surface area contributed by atoms with Crippen LogP contribution in [0.4, 0.5) is 5.69 Å². The van der Waals surface area contributed by atoms with Gasteiger partial charge in [0.1, 0.15) is 12.0 Å². The van der Waals surface area contributed by atoms with E-state index >= 15 is 0 Å². The summed E-state index contributed by atoms with van der Waals surface area (Å²) in [7, 11) is 0. The van der Waals surface area contributed by atoms with E-state index in [1.807, 2.05) is 54.6 Å². The van der Waals surface area contributed by atoms with E-state index in [-0.39, 0.29) is 0 Å². The number of halogens is 2. The minimum absolute atomic E-state index is 0.677. The standard InChI is InChI=1S/C17H12BrClN4/c18-13-3-7-15(8-4-13)22-23-17(16-9-10-20-11-21-16)12-1-5-14(19)6-2-12/h1-11,22H/b23-17-. The summed E-state index contributed by atoms with van der Waals surface area (Å²) in [5, 5.41) is 5.19. The molecule has 23 heavy (non-hydrogen) atoms. The second kappa shape index (κ2) is 7.35. The number of aromatic nitrogens is 2. The molecule has 0 bridgehead atoms. The molecule has 6 heteroatoms. The zero-order valence-corrected chi connectivity index (χ0v) is 14.3. The van der Waals surface area contributed by atoms with Gasteiger partial charge in [-0.15, -0.1) is 0 Å². The zero-order chi connectivity index (χ0) is 16.1. The van der Waals surface area contributed by atoms with Gasteiger partial charge < -0.3 is 0 Å². The van der Waals surface area contributed by atoms with Gasteiger partial charge in [0.25, 0.3) is 0 Å². The Balaban J connectivity index is 1.96. The van der Waals surface area contributed by atoms with E-state index in [0.717, 1.165) is 21.4 Å². The number of nitrogens with one attached hydrogen (secondary N) is 1. The lowest BCUT2D eigenvalue weighted by Gasteiger charge is -2.08. The van der Waals surface area contributed by atoms with Gasteiger partial charge in [-0.25, -0.2) is 9.97 Å². The first-order valence-electron chi connectivity index (χ1n) is 6.84. The van der Waals surface area contributed by atoms with Crippen LogP contribution in [0.15, 0.2) is 76.7 Å². The van der Waals surface area contributed by atoms with Crippen molar-refractivity contribution in [3.8, 4) is 0 Å². The van der Waals surface area contributed by atoms with Gasteiger partial charge in [-0.3, -0.25) is 5.43 Å². The monoisotopic (exact) mass is 386 g/mol. The second-order valence-electron chi connectivity index (χ2n) is 4.68. The first kappa shape index (κ1) is 15.6. The maximum Gasteiger partial charge on any atom is 0.116 e. The third-order valence-corrected chi connectivity index (χ3v) is 3.86. The Morgan fingerprint density at radius 3 is 2.39 bits per heavy atom. The van der Waals surface area contributed by atoms with Crippen LogP contribution in [0.5, 0.6) is 0 Å². The summed E-state index contributed by atoms with van der Waals surface area (Å²) in [5.74, 6) is 0. The van der Waals surface area contributed by atoms with Crippen molar-refractivity contribution < 1.29 is 0 Å². The summed E-state index contributed by atoms with van der Waals surface area (Å²) in [6.07, 6.45) is 3.19. The minimum atomic E-state index is 0.677. The molecule has 0 atom stereocenters. The third kappa shape index (κ3) is 4.15. The Labute approximate surface area is 147 Å². The van der Waals surface area contributed by atoms with Gasteiger partial charge in [0.05, 0.1) is 11.4 Å². The fraction of sp³-hybridized carbons (Fsp3) is 0. The number of rotatable bonds is 4. The SMILES string of the molecule is Clc1ccc(/C(=N/Nc2ccc(Br)cc2)c2ccncn2)cc1. The maximum absolute atomic E-state index is 5.96. The number of benzene rings is 2. The van der Waals surface area contributed by atoms with Gasteiger partial charge in [-0.05, 0) is 42.5 Å². The molecule has 4 nitrogen and oxygen atoms in total. The molecule has 0 fully saturated rings. The van der Waals surface area contributed by atoms with Gasteiger partial charge in [0, 0.05) is 21.3 Å². The van der Waals surface area contributed by atoms with Crippen molar-refractivity contribution in [2.45, 2.75) is 0 Å². The van der Waals surface area contributed by atoms with Crippen LogP contribution >= 0.6 is 27.5 Å². The van der Waals surface area contributed by atoms with Crippen molar-refractivity contribution in [1.29, 1.82) is 0 Å². The fourth-order valence-corrected chi connectivity index (χ4v) is 2.34. The van der Waals surface area contributed by atoms with Crippen molar-refractivity contribution in [2.75, 3.05) is 5.43 Å². The Hall–Kier alpha value is -2.24. The van der Waals surface area contributed by atoms with E-state index in [0.29, 0.717) is 10.7 Å². The number of hydrogen-bond acceptors (Lipinski definition) is 4. The molecule has 2 aromatic carbocycles. The van der Waals surface area contributed by atoms with Crippen LogP contribution in [0.25, 0.3) is 0 Å². The summed E-state index contributed by atoms with van der Waals surface area (Å²) >= 11 is 9.38. The summed E-state index contributed by atoms with van der Waals surface area (Å²) in [6, 6.07) is 17.1. The lowest BCUT2D eigenvalue weighted by molar-refractivity contribution is 1.14. The van der Waals surface area contributed by atoms with Crippen LogP contribution in [0.1, 0.15) is 11.3 Å². The molecule has 0 aliphatic carbocycles. The normalized spacial score (nSPS) is 11.3. The van der Waals surface area contributed by atoms with Crippen LogP contribution < -0.4 is 5.43 Å².